The fourth-order valence-electron chi connectivity index (χ4n) is 2.40. The average molecular weight is 411 g/mol. The lowest BCUT2D eigenvalue weighted by atomic mass is 10.1. The molecule has 0 aliphatic carbocycles. The van der Waals surface area contributed by atoms with Crippen molar-refractivity contribution in [2.45, 2.75) is 19.3 Å². The largest absolute Gasteiger partial charge is 0.481 e. The quantitative estimate of drug-likeness (QED) is 0.780. The molecule has 0 unspecified atom stereocenters. The topological polar surface area (TPSA) is 63.2 Å². The second-order valence-corrected chi connectivity index (χ2v) is 6.29. The summed E-state index contributed by atoms with van der Waals surface area (Å²) in [6, 6.07) is 3.74. The molecule has 2 aromatic rings. The van der Waals surface area contributed by atoms with Crippen LogP contribution in [0.15, 0.2) is 24.5 Å². The van der Waals surface area contributed by atoms with Gasteiger partial charge in [0.25, 0.3) is 0 Å². The zero-order valence-corrected chi connectivity index (χ0v) is 14.6. The minimum absolute atomic E-state index is 0.594. The zero-order valence-electron chi connectivity index (χ0n) is 12.4. The van der Waals surface area contributed by atoms with Gasteiger partial charge in [0.2, 0.25) is 11.8 Å². The molecule has 116 valence electrons. The van der Waals surface area contributed by atoms with Crippen molar-refractivity contribution >= 4 is 40.0 Å². The molecule has 0 bridgehead atoms. The molecule has 0 amide bonds. The van der Waals surface area contributed by atoms with E-state index in [9.17, 15) is 0 Å². The fourth-order valence-corrected chi connectivity index (χ4v) is 2.80. The summed E-state index contributed by atoms with van der Waals surface area (Å²) in [5.41, 5.74) is 0.877. The van der Waals surface area contributed by atoms with Gasteiger partial charge in [0.05, 0.1) is 22.6 Å². The number of hydrogen-bond donors (Lipinski definition) is 1. The number of nitrogens with zero attached hydrogens (tertiary/aromatic N) is 4. The Balaban J connectivity index is 1.79. The van der Waals surface area contributed by atoms with E-state index in [1.54, 1.807) is 13.3 Å². The van der Waals surface area contributed by atoms with Crippen LogP contribution >= 0.6 is 22.6 Å². The third kappa shape index (κ3) is 3.57. The third-order valence-electron chi connectivity index (χ3n) is 3.58. The van der Waals surface area contributed by atoms with Crippen molar-refractivity contribution in [1.82, 2.24) is 15.0 Å². The Kier molecular flexibility index (Phi) is 4.91. The summed E-state index contributed by atoms with van der Waals surface area (Å²) >= 11 is 2.24. The lowest BCUT2D eigenvalue weighted by Gasteiger charge is -2.26. The summed E-state index contributed by atoms with van der Waals surface area (Å²) in [4.78, 5) is 15.6. The molecule has 1 aliphatic rings. The van der Waals surface area contributed by atoms with E-state index >= 15 is 0 Å². The van der Waals surface area contributed by atoms with Crippen LogP contribution < -0.4 is 15.0 Å². The van der Waals surface area contributed by atoms with E-state index in [0.717, 1.165) is 34.1 Å². The number of anilines is 3. The molecule has 0 radical (unpaired) electrons. The van der Waals surface area contributed by atoms with Crippen LogP contribution in [0, 0.1) is 3.57 Å². The molecule has 0 saturated carbocycles. The van der Waals surface area contributed by atoms with Crippen LogP contribution in [-0.2, 0) is 0 Å². The number of aromatic nitrogens is 3. The molecule has 2 aromatic heterocycles. The van der Waals surface area contributed by atoms with Gasteiger partial charge in [-0.1, -0.05) is 0 Å². The van der Waals surface area contributed by atoms with Crippen molar-refractivity contribution in [1.29, 1.82) is 0 Å². The van der Waals surface area contributed by atoms with Crippen molar-refractivity contribution in [2.75, 3.05) is 30.4 Å². The standard InChI is InChI=1S/C15H18IN5O/c1-22-13-6-5-11(9-17-13)19-14-12(16)10-18-15(20-14)21-7-3-2-4-8-21/h5-6,9-10H,2-4,7-8H2,1H3,(H,18,19,20). The highest BCUT2D eigenvalue weighted by Gasteiger charge is 2.15. The van der Waals surface area contributed by atoms with Gasteiger partial charge in [-0.15, -0.1) is 0 Å². The minimum atomic E-state index is 0.594. The number of rotatable bonds is 4. The smallest absolute Gasteiger partial charge is 0.227 e. The molecular formula is C15H18IN5O. The summed E-state index contributed by atoms with van der Waals surface area (Å²) in [6.45, 7) is 2.06. The van der Waals surface area contributed by atoms with Crippen molar-refractivity contribution < 1.29 is 4.74 Å². The van der Waals surface area contributed by atoms with Crippen molar-refractivity contribution in [2.24, 2.45) is 0 Å². The molecule has 1 N–H and O–H groups in total. The Morgan fingerprint density at radius 3 is 2.64 bits per heavy atom. The monoisotopic (exact) mass is 411 g/mol. The fraction of sp³-hybridized carbons (Fsp3) is 0.400. The summed E-state index contributed by atoms with van der Waals surface area (Å²) in [5.74, 6) is 2.20. The Morgan fingerprint density at radius 2 is 1.95 bits per heavy atom. The molecule has 0 spiro atoms. The maximum absolute atomic E-state index is 5.07. The maximum Gasteiger partial charge on any atom is 0.227 e. The minimum Gasteiger partial charge on any atom is -0.481 e. The van der Waals surface area contributed by atoms with Gasteiger partial charge in [-0.2, -0.15) is 4.98 Å². The van der Waals surface area contributed by atoms with Gasteiger partial charge in [-0.3, -0.25) is 0 Å². The molecule has 22 heavy (non-hydrogen) atoms. The van der Waals surface area contributed by atoms with E-state index in [4.69, 9.17) is 4.74 Å². The van der Waals surface area contributed by atoms with Gasteiger partial charge in [-0.25, -0.2) is 9.97 Å². The highest BCUT2D eigenvalue weighted by molar-refractivity contribution is 14.1. The Labute approximate surface area is 143 Å². The van der Waals surface area contributed by atoms with E-state index in [1.807, 2.05) is 18.3 Å². The van der Waals surface area contributed by atoms with E-state index in [0.29, 0.717) is 5.88 Å². The first-order chi connectivity index (χ1) is 10.8. The van der Waals surface area contributed by atoms with Crippen molar-refractivity contribution in [3.63, 3.8) is 0 Å². The van der Waals surface area contributed by atoms with Crippen molar-refractivity contribution in [3.8, 4) is 5.88 Å². The number of pyridine rings is 1. The SMILES string of the molecule is COc1ccc(Nc2nc(N3CCCCC3)ncc2I)cn1. The third-order valence-corrected chi connectivity index (χ3v) is 4.37. The molecule has 1 fully saturated rings. The maximum atomic E-state index is 5.07. The lowest BCUT2D eigenvalue weighted by molar-refractivity contribution is 0.398. The predicted molar refractivity (Wildman–Crippen MR) is 94.9 cm³/mol. The Morgan fingerprint density at radius 1 is 1.14 bits per heavy atom. The van der Waals surface area contributed by atoms with Crippen LogP contribution in [0.25, 0.3) is 0 Å². The van der Waals surface area contributed by atoms with Gasteiger partial charge < -0.3 is 15.0 Å². The zero-order chi connectivity index (χ0) is 15.4. The molecule has 1 aliphatic heterocycles. The number of hydrogen-bond acceptors (Lipinski definition) is 6. The summed E-state index contributed by atoms with van der Waals surface area (Å²) < 4.78 is 6.05. The Bertz CT molecular complexity index is 628. The molecule has 0 atom stereocenters. The first kappa shape index (κ1) is 15.3. The van der Waals surface area contributed by atoms with Gasteiger partial charge in [0, 0.05) is 25.4 Å². The van der Waals surface area contributed by atoms with E-state index in [1.165, 1.54) is 19.3 Å². The van der Waals surface area contributed by atoms with Crippen molar-refractivity contribution in [3.05, 3.63) is 28.1 Å². The highest BCUT2D eigenvalue weighted by atomic mass is 127. The second kappa shape index (κ2) is 7.08. The second-order valence-electron chi connectivity index (χ2n) is 5.13. The summed E-state index contributed by atoms with van der Waals surface area (Å²) in [5, 5.41) is 3.30. The van der Waals surface area contributed by atoms with Crippen LogP contribution in [0.5, 0.6) is 5.88 Å². The number of methoxy groups -OCH3 is 1. The van der Waals surface area contributed by atoms with Crippen LogP contribution in [0.1, 0.15) is 19.3 Å². The van der Waals surface area contributed by atoms with Crippen LogP contribution in [0.2, 0.25) is 0 Å². The average Bonchev–Trinajstić information content (AvgIpc) is 2.58. The molecule has 1 saturated heterocycles. The van der Waals surface area contributed by atoms with Gasteiger partial charge in [-0.05, 0) is 47.9 Å². The van der Waals surface area contributed by atoms with Gasteiger partial charge in [0.15, 0.2) is 0 Å². The Hall–Kier alpha value is -1.64. The number of halogens is 1. The number of piperidine rings is 1. The number of ether oxygens (including phenoxy) is 1. The molecule has 3 rings (SSSR count). The molecule has 3 heterocycles. The molecule has 6 nitrogen and oxygen atoms in total. The summed E-state index contributed by atoms with van der Waals surface area (Å²) in [7, 11) is 1.60. The normalized spacial score (nSPS) is 14.7. The predicted octanol–water partition coefficient (Wildman–Crippen LogP) is 3.22. The van der Waals surface area contributed by atoms with Gasteiger partial charge >= 0.3 is 0 Å². The van der Waals surface area contributed by atoms with E-state index in [2.05, 4.69) is 47.8 Å². The van der Waals surface area contributed by atoms with Crippen LogP contribution in [-0.4, -0.2) is 35.2 Å². The van der Waals surface area contributed by atoms with E-state index in [-0.39, 0.29) is 0 Å². The molecule has 0 aromatic carbocycles. The van der Waals surface area contributed by atoms with Crippen LogP contribution in [0.4, 0.5) is 17.5 Å². The lowest BCUT2D eigenvalue weighted by Crippen LogP contribution is -2.31. The first-order valence-corrected chi connectivity index (χ1v) is 8.39. The van der Waals surface area contributed by atoms with Gasteiger partial charge in [0.1, 0.15) is 5.82 Å². The molecule has 7 heteroatoms. The summed E-state index contributed by atoms with van der Waals surface area (Å²) in [6.07, 6.45) is 7.30. The van der Waals surface area contributed by atoms with Crippen LogP contribution in [0.3, 0.4) is 0 Å². The van der Waals surface area contributed by atoms with E-state index < -0.39 is 0 Å². The molecular weight excluding hydrogens is 393 g/mol. The first-order valence-electron chi connectivity index (χ1n) is 7.31. The number of nitrogens with one attached hydrogen (secondary N) is 1. The highest BCUT2D eigenvalue weighted by Crippen LogP contribution is 2.24.